The smallest absolute Gasteiger partial charge is 0.404 e. The van der Waals surface area contributed by atoms with Crippen LogP contribution in [0.15, 0.2) is 36.4 Å². The summed E-state index contributed by atoms with van der Waals surface area (Å²) < 4.78 is 28.7. The van der Waals surface area contributed by atoms with Crippen LogP contribution in [0.25, 0.3) is 0 Å². The van der Waals surface area contributed by atoms with Crippen LogP contribution in [0.1, 0.15) is 22.8 Å². The average molecular weight is 332 g/mol. The van der Waals surface area contributed by atoms with Gasteiger partial charge in [-0.05, 0) is 24.3 Å². The molecule has 2 aromatic carbocycles. The lowest BCUT2D eigenvalue weighted by Crippen LogP contribution is -2.28. The Bertz CT molecular complexity index is 792. The van der Waals surface area contributed by atoms with Crippen LogP contribution in [-0.4, -0.2) is 19.1 Å². The summed E-state index contributed by atoms with van der Waals surface area (Å²) in [5, 5.41) is 3.14. The summed E-state index contributed by atoms with van der Waals surface area (Å²) >= 11 is 0. The highest BCUT2D eigenvalue weighted by Gasteiger charge is 2.37. The monoisotopic (exact) mass is 332 g/mol. The lowest BCUT2D eigenvalue weighted by atomic mass is 10.1. The third-order valence-corrected chi connectivity index (χ3v) is 3.58. The highest BCUT2D eigenvalue weighted by molar-refractivity contribution is 5.91. The maximum atomic E-state index is 13.8. The van der Waals surface area contributed by atoms with E-state index < -0.39 is 12.0 Å². The Balaban J connectivity index is 1.76. The lowest BCUT2D eigenvalue weighted by molar-refractivity contribution is -0.173. The molecule has 0 saturated heterocycles. The summed E-state index contributed by atoms with van der Waals surface area (Å²) in [5.41, 5.74) is 8.08. The number of nitrogens with one attached hydrogen (secondary N) is 1. The second-order valence-corrected chi connectivity index (χ2v) is 5.43. The number of ether oxygens (including phenoxy) is 3. The molecule has 24 heavy (non-hydrogen) atoms. The minimum absolute atomic E-state index is 0.352. The van der Waals surface area contributed by atoms with Crippen molar-refractivity contribution < 1.29 is 23.4 Å². The molecule has 2 aromatic rings. The Kier molecular flexibility index (Phi) is 3.92. The van der Waals surface area contributed by atoms with Gasteiger partial charge >= 0.3 is 12.0 Å². The number of fused-ring (bicyclic) bond motifs is 1. The average Bonchev–Trinajstić information content (AvgIpc) is 2.87. The third-order valence-electron chi connectivity index (χ3n) is 3.58. The first kappa shape index (κ1) is 15.9. The standard InChI is InChI=1S/C17H17FN2O4/c1-17(18)23-14-5-3-4-11(15(14)24-17)9-20-13-7-6-10(8-12(13)19)16(21)22-2/h3-8,20H,9,19H2,1-2H3/t17-/m0/s1. The number of carbonyl (C=O) groups excluding carboxylic acids is 1. The van der Waals surface area contributed by atoms with Crippen molar-refractivity contribution in [3.8, 4) is 11.5 Å². The van der Waals surface area contributed by atoms with Gasteiger partial charge < -0.3 is 25.3 Å². The molecular weight excluding hydrogens is 315 g/mol. The maximum absolute atomic E-state index is 13.8. The fraction of sp³-hybridized carbons (Fsp3) is 0.235. The quantitative estimate of drug-likeness (QED) is 0.661. The first-order chi connectivity index (χ1) is 11.4. The molecule has 1 atom stereocenters. The summed E-state index contributed by atoms with van der Waals surface area (Å²) in [6.07, 6.45) is 0. The Morgan fingerprint density at radius 3 is 2.83 bits per heavy atom. The van der Waals surface area contributed by atoms with Gasteiger partial charge in [-0.1, -0.05) is 12.1 Å². The molecule has 3 N–H and O–H groups in total. The van der Waals surface area contributed by atoms with E-state index in [-0.39, 0.29) is 0 Å². The van der Waals surface area contributed by atoms with Crippen molar-refractivity contribution >= 4 is 17.3 Å². The minimum atomic E-state index is -2.17. The maximum Gasteiger partial charge on any atom is 0.404 e. The predicted octanol–water partition coefficient (Wildman–Crippen LogP) is 3.08. The van der Waals surface area contributed by atoms with Crippen LogP contribution >= 0.6 is 0 Å². The molecule has 0 amide bonds. The number of nitrogens with two attached hydrogens (primary N) is 1. The number of esters is 1. The van der Waals surface area contributed by atoms with E-state index in [0.717, 1.165) is 5.56 Å². The van der Waals surface area contributed by atoms with Crippen molar-refractivity contribution in [3.05, 3.63) is 47.5 Å². The van der Waals surface area contributed by atoms with Crippen LogP contribution in [0.3, 0.4) is 0 Å². The number of halogens is 1. The molecule has 0 aromatic heterocycles. The number of hydrogen-bond donors (Lipinski definition) is 2. The van der Waals surface area contributed by atoms with Gasteiger partial charge in [0.05, 0.1) is 24.0 Å². The molecule has 6 nitrogen and oxygen atoms in total. The van der Waals surface area contributed by atoms with E-state index in [1.165, 1.54) is 20.1 Å². The Hall–Kier alpha value is -2.96. The first-order valence-electron chi connectivity index (χ1n) is 7.30. The number of carbonyl (C=O) groups is 1. The minimum Gasteiger partial charge on any atom is -0.465 e. The molecule has 1 aliphatic rings. The molecule has 0 bridgehead atoms. The molecule has 0 saturated carbocycles. The highest BCUT2D eigenvalue weighted by atomic mass is 19.2. The highest BCUT2D eigenvalue weighted by Crippen LogP contribution is 2.42. The zero-order valence-corrected chi connectivity index (χ0v) is 13.3. The molecule has 1 heterocycles. The molecular formula is C17H17FN2O4. The van der Waals surface area contributed by atoms with E-state index in [9.17, 15) is 9.18 Å². The third kappa shape index (κ3) is 3.05. The van der Waals surface area contributed by atoms with Gasteiger partial charge in [-0.2, -0.15) is 4.39 Å². The Morgan fingerprint density at radius 1 is 1.33 bits per heavy atom. The van der Waals surface area contributed by atoms with Crippen LogP contribution in [0.2, 0.25) is 0 Å². The van der Waals surface area contributed by atoms with Gasteiger partial charge in [-0.25, -0.2) is 4.79 Å². The van der Waals surface area contributed by atoms with Gasteiger partial charge in [0, 0.05) is 19.0 Å². The van der Waals surface area contributed by atoms with Gasteiger partial charge in [-0.15, -0.1) is 0 Å². The van der Waals surface area contributed by atoms with Crippen molar-refractivity contribution in [1.29, 1.82) is 0 Å². The molecule has 1 aliphatic heterocycles. The largest absolute Gasteiger partial charge is 0.465 e. The van der Waals surface area contributed by atoms with Crippen LogP contribution in [0.4, 0.5) is 15.8 Å². The van der Waals surface area contributed by atoms with E-state index >= 15 is 0 Å². The van der Waals surface area contributed by atoms with E-state index in [1.54, 1.807) is 30.3 Å². The Morgan fingerprint density at radius 2 is 2.12 bits per heavy atom. The number of alkyl halides is 1. The zero-order valence-electron chi connectivity index (χ0n) is 13.3. The number of benzene rings is 2. The summed E-state index contributed by atoms with van der Waals surface area (Å²) in [7, 11) is 1.31. The van der Waals surface area contributed by atoms with Crippen LogP contribution < -0.4 is 20.5 Å². The van der Waals surface area contributed by atoms with Gasteiger partial charge in [0.1, 0.15) is 0 Å². The topological polar surface area (TPSA) is 82.8 Å². The second-order valence-electron chi connectivity index (χ2n) is 5.43. The fourth-order valence-electron chi connectivity index (χ4n) is 2.46. The van der Waals surface area contributed by atoms with E-state index in [1.807, 2.05) is 0 Å². The normalized spacial score (nSPS) is 18.3. The van der Waals surface area contributed by atoms with E-state index in [0.29, 0.717) is 35.0 Å². The van der Waals surface area contributed by atoms with Crippen LogP contribution in [0.5, 0.6) is 11.5 Å². The van der Waals surface area contributed by atoms with Crippen molar-refractivity contribution in [2.24, 2.45) is 0 Å². The van der Waals surface area contributed by atoms with Gasteiger partial charge in [0.15, 0.2) is 11.5 Å². The SMILES string of the molecule is COC(=O)c1ccc(NCc2cccc3c2O[C@@](C)(F)O3)c(N)c1. The van der Waals surface area contributed by atoms with Crippen molar-refractivity contribution in [3.63, 3.8) is 0 Å². The first-order valence-corrected chi connectivity index (χ1v) is 7.30. The second kappa shape index (κ2) is 5.92. The number of para-hydroxylation sites is 1. The van der Waals surface area contributed by atoms with Crippen LogP contribution in [-0.2, 0) is 11.3 Å². The molecule has 0 radical (unpaired) electrons. The number of anilines is 2. The zero-order chi connectivity index (χ0) is 17.3. The van der Waals surface area contributed by atoms with Gasteiger partial charge in [0.25, 0.3) is 0 Å². The van der Waals surface area contributed by atoms with Crippen molar-refractivity contribution in [2.75, 3.05) is 18.2 Å². The number of nitrogen functional groups attached to an aromatic ring is 1. The lowest BCUT2D eigenvalue weighted by Gasteiger charge is -2.13. The van der Waals surface area contributed by atoms with Gasteiger partial charge in [0.2, 0.25) is 0 Å². The van der Waals surface area contributed by atoms with Gasteiger partial charge in [-0.3, -0.25) is 0 Å². The van der Waals surface area contributed by atoms with Crippen LogP contribution in [0, 0.1) is 0 Å². The fourth-order valence-corrected chi connectivity index (χ4v) is 2.46. The van der Waals surface area contributed by atoms with Crippen molar-refractivity contribution in [2.45, 2.75) is 19.5 Å². The Labute approximate surface area is 138 Å². The molecule has 0 fully saturated rings. The predicted molar refractivity (Wildman–Crippen MR) is 86.7 cm³/mol. The summed E-state index contributed by atoms with van der Waals surface area (Å²) in [4.78, 5) is 11.5. The molecule has 3 rings (SSSR count). The number of hydrogen-bond acceptors (Lipinski definition) is 6. The number of rotatable bonds is 4. The van der Waals surface area contributed by atoms with E-state index in [2.05, 4.69) is 10.1 Å². The molecule has 0 unspecified atom stereocenters. The number of methoxy groups -OCH3 is 1. The summed E-state index contributed by atoms with van der Waals surface area (Å²) in [6.45, 7) is 1.55. The van der Waals surface area contributed by atoms with Crippen molar-refractivity contribution in [1.82, 2.24) is 0 Å². The summed E-state index contributed by atoms with van der Waals surface area (Å²) in [5.74, 6) is 0.259. The molecule has 0 aliphatic carbocycles. The van der Waals surface area contributed by atoms with E-state index in [4.69, 9.17) is 15.2 Å². The summed E-state index contributed by atoms with van der Waals surface area (Å²) in [6, 6.07) is 7.85. The molecule has 7 heteroatoms. The molecule has 126 valence electrons. The molecule has 0 spiro atoms.